The Morgan fingerprint density at radius 3 is 3.10 bits per heavy atom. The molecule has 1 unspecified atom stereocenters. The van der Waals surface area contributed by atoms with E-state index in [1.165, 1.54) is 6.33 Å². The van der Waals surface area contributed by atoms with E-state index in [9.17, 15) is 0 Å². The zero-order valence-electron chi connectivity index (χ0n) is 11.5. The summed E-state index contributed by atoms with van der Waals surface area (Å²) in [7, 11) is 0. The minimum Gasteiger partial charge on any atom is -0.394 e. The summed E-state index contributed by atoms with van der Waals surface area (Å²) in [6.07, 6.45) is 11.7. The summed E-state index contributed by atoms with van der Waals surface area (Å²) >= 11 is 0. The van der Waals surface area contributed by atoms with Crippen molar-refractivity contribution < 1.29 is 9.84 Å². The minimum atomic E-state index is -0.562. The van der Waals surface area contributed by atoms with Crippen LogP contribution in [0.5, 0.6) is 0 Å². The van der Waals surface area contributed by atoms with Crippen molar-refractivity contribution in [1.29, 1.82) is 5.41 Å². The monoisotopic (exact) mass is 287 g/mol. The van der Waals surface area contributed by atoms with Crippen LogP contribution in [0.4, 0.5) is 0 Å². The summed E-state index contributed by atoms with van der Waals surface area (Å²) in [5.41, 5.74) is 0.881. The van der Waals surface area contributed by atoms with E-state index in [0.717, 1.165) is 0 Å². The molecule has 2 aromatic heterocycles. The molecule has 3 N–H and O–H groups in total. The number of fused-ring (bicyclic) bond motifs is 1. The Hall–Kier alpha value is -2.25. The molecule has 1 aliphatic rings. The van der Waals surface area contributed by atoms with Gasteiger partial charge in [0, 0.05) is 6.42 Å². The first kappa shape index (κ1) is 13.7. The number of aromatic nitrogens is 4. The number of allylic oxidation sites excluding steroid dienone is 2. The fraction of sp³-hybridized carbons (Fsp3) is 0.357. The number of hydrogen-bond acceptors (Lipinski definition) is 5. The van der Waals surface area contributed by atoms with E-state index >= 15 is 0 Å². The molecule has 110 valence electrons. The lowest BCUT2D eigenvalue weighted by atomic mass is 9.94. The molecule has 0 saturated carbocycles. The number of nitrogens with one attached hydrogen (secondary N) is 2. The van der Waals surface area contributed by atoms with Gasteiger partial charge in [-0.3, -0.25) is 5.41 Å². The van der Waals surface area contributed by atoms with Gasteiger partial charge in [-0.15, -0.1) is 0 Å². The number of rotatable bonds is 5. The van der Waals surface area contributed by atoms with Crippen LogP contribution in [0.25, 0.3) is 11.2 Å². The lowest BCUT2D eigenvalue weighted by Gasteiger charge is -2.32. The molecule has 21 heavy (non-hydrogen) atoms. The van der Waals surface area contributed by atoms with Gasteiger partial charge in [-0.05, 0) is 0 Å². The highest BCUT2D eigenvalue weighted by atomic mass is 16.5. The van der Waals surface area contributed by atoms with Gasteiger partial charge in [-0.1, -0.05) is 24.3 Å². The average Bonchev–Trinajstić information content (AvgIpc) is 2.99. The first-order chi connectivity index (χ1) is 10.2. The van der Waals surface area contributed by atoms with Gasteiger partial charge in [0.05, 0.1) is 32.4 Å². The third kappa shape index (κ3) is 2.65. The van der Waals surface area contributed by atoms with Gasteiger partial charge >= 0.3 is 0 Å². The molecular weight excluding hydrogens is 270 g/mol. The summed E-state index contributed by atoms with van der Waals surface area (Å²) in [5, 5.41) is 17.3. The molecule has 0 radical (unpaired) electrons. The van der Waals surface area contributed by atoms with E-state index in [-0.39, 0.29) is 13.2 Å². The highest BCUT2D eigenvalue weighted by molar-refractivity contribution is 5.67. The fourth-order valence-electron chi connectivity index (χ4n) is 2.46. The van der Waals surface area contributed by atoms with Gasteiger partial charge in [-0.2, -0.15) is 0 Å². The second-order valence-corrected chi connectivity index (χ2v) is 4.95. The molecule has 0 aliphatic heterocycles. The summed E-state index contributed by atoms with van der Waals surface area (Å²) < 4.78 is 7.55. The van der Waals surface area contributed by atoms with Crippen LogP contribution >= 0.6 is 0 Å². The van der Waals surface area contributed by atoms with Crippen LogP contribution in [0.15, 0.2) is 37.0 Å². The lowest BCUT2D eigenvalue weighted by molar-refractivity contribution is -0.0349. The minimum absolute atomic E-state index is 0.0322. The maximum Gasteiger partial charge on any atom is 0.182 e. The van der Waals surface area contributed by atoms with E-state index < -0.39 is 5.60 Å². The number of aromatic amines is 1. The standard InChI is InChI=1S/C14H17N5O2/c15-12-11-13(17-9-16-11)18-10-19(12)8-14(21-7-6-20)4-2-1-3-5-14/h1-4,9-10,15,20H,5-8H2,(H,16,17). The number of ether oxygens (including phenoxy) is 1. The quantitative estimate of drug-likeness (QED) is 0.745. The van der Waals surface area contributed by atoms with Crippen molar-refractivity contribution in [3.63, 3.8) is 0 Å². The molecule has 0 amide bonds. The molecule has 0 saturated heterocycles. The molecule has 7 nitrogen and oxygen atoms in total. The first-order valence-electron chi connectivity index (χ1n) is 6.76. The first-order valence-corrected chi connectivity index (χ1v) is 6.76. The Morgan fingerprint density at radius 1 is 1.43 bits per heavy atom. The van der Waals surface area contributed by atoms with Crippen LogP contribution in [0.1, 0.15) is 6.42 Å². The second-order valence-electron chi connectivity index (χ2n) is 4.95. The molecule has 1 aliphatic carbocycles. The van der Waals surface area contributed by atoms with E-state index in [0.29, 0.717) is 29.6 Å². The molecule has 0 bridgehead atoms. The van der Waals surface area contributed by atoms with Gasteiger partial charge in [0.25, 0.3) is 0 Å². The van der Waals surface area contributed by atoms with Crippen molar-refractivity contribution in [2.24, 2.45) is 0 Å². The Morgan fingerprint density at radius 2 is 2.33 bits per heavy atom. The largest absolute Gasteiger partial charge is 0.394 e. The third-order valence-electron chi connectivity index (χ3n) is 3.49. The molecule has 0 fully saturated rings. The predicted molar refractivity (Wildman–Crippen MR) is 76.4 cm³/mol. The second kappa shape index (κ2) is 5.63. The van der Waals surface area contributed by atoms with Crippen molar-refractivity contribution in [2.45, 2.75) is 18.6 Å². The normalized spacial score (nSPS) is 21.2. The highest BCUT2D eigenvalue weighted by Crippen LogP contribution is 2.24. The van der Waals surface area contributed by atoms with E-state index in [1.807, 2.05) is 24.3 Å². The van der Waals surface area contributed by atoms with E-state index in [4.69, 9.17) is 15.3 Å². The molecule has 0 aromatic carbocycles. The Labute approximate surface area is 121 Å². The Kier molecular flexibility index (Phi) is 3.68. The van der Waals surface area contributed by atoms with Gasteiger partial charge < -0.3 is 19.4 Å². The molecule has 1 atom stereocenters. The van der Waals surface area contributed by atoms with Gasteiger partial charge in [-0.25, -0.2) is 9.97 Å². The van der Waals surface area contributed by atoms with Gasteiger partial charge in [0.15, 0.2) is 11.1 Å². The fourth-order valence-corrected chi connectivity index (χ4v) is 2.46. The Balaban J connectivity index is 1.94. The lowest BCUT2D eigenvalue weighted by Crippen LogP contribution is -2.40. The summed E-state index contributed by atoms with van der Waals surface area (Å²) in [6, 6.07) is 0. The molecule has 0 spiro atoms. The number of hydrogen-bond donors (Lipinski definition) is 3. The van der Waals surface area contributed by atoms with Gasteiger partial charge in [0.2, 0.25) is 0 Å². The van der Waals surface area contributed by atoms with Crippen LogP contribution in [-0.4, -0.2) is 43.4 Å². The molecular formula is C14H17N5O2. The molecule has 3 rings (SSSR count). The van der Waals surface area contributed by atoms with Crippen LogP contribution in [-0.2, 0) is 11.3 Å². The van der Waals surface area contributed by atoms with Crippen LogP contribution in [0.2, 0.25) is 0 Å². The maximum absolute atomic E-state index is 9.01. The highest BCUT2D eigenvalue weighted by Gasteiger charge is 2.29. The molecule has 2 heterocycles. The molecule has 7 heteroatoms. The SMILES string of the molecule is N=c1c2[nH]cnc2ncn1CC1(OCCO)C=CC=CC1. The zero-order valence-corrected chi connectivity index (χ0v) is 11.5. The summed E-state index contributed by atoms with van der Waals surface area (Å²) in [4.78, 5) is 11.2. The van der Waals surface area contributed by atoms with Crippen molar-refractivity contribution in [3.8, 4) is 0 Å². The number of nitrogens with zero attached hydrogens (tertiary/aromatic N) is 3. The number of H-pyrrole nitrogens is 1. The zero-order chi connectivity index (χ0) is 14.7. The van der Waals surface area contributed by atoms with Crippen LogP contribution in [0.3, 0.4) is 0 Å². The van der Waals surface area contributed by atoms with E-state index in [2.05, 4.69) is 15.0 Å². The van der Waals surface area contributed by atoms with Crippen molar-refractivity contribution >= 4 is 11.2 Å². The topological polar surface area (TPSA) is 99.8 Å². The average molecular weight is 287 g/mol. The third-order valence-corrected chi connectivity index (χ3v) is 3.49. The van der Waals surface area contributed by atoms with Crippen LogP contribution < -0.4 is 5.49 Å². The van der Waals surface area contributed by atoms with Gasteiger partial charge in [0.1, 0.15) is 11.1 Å². The molecule has 2 aromatic rings. The summed E-state index contributed by atoms with van der Waals surface area (Å²) in [5.74, 6) is 0. The maximum atomic E-state index is 9.01. The number of imidazole rings is 1. The van der Waals surface area contributed by atoms with Crippen molar-refractivity contribution in [3.05, 3.63) is 42.4 Å². The van der Waals surface area contributed by atoms with Crippen molar-refractivity contribution in [1.82, 2.24) is 19.5 Å². The van der Waals surface area contributed by atoms with Crippen molar-refractivity contribution in [2.75, 3.05) is 13.2 Å². The predicted octanol–water partition coefficient (Wildman–Crippen LogP) is 0.503. The number of aliphatic hydroxyl groups excluding tert-OH is 1. The van der Waals surface area contributed by atoms with E-state index in [1.54, 1.807) is 10.9 Å². The Bertz CT molecular complexity index is 745. The number of aliphatic hydroxyl groups is 1. The smallest absolute Gasteiger partial charge is 0.182 e. The van der Waals surface area contributed by atoms with Crippen LogP contribution in [0, 0.1) is 5.41 Å². The summed E-state index contributed by atoms with van der Waals surface area (Å²) in [6.45, 7) is 0.677.